The number of nitrogens with one attached hydrogen (secondary N) is 2. The van der Waals surface area contributed by atoms with Crippen LogP contribution < -0.4 is 15.4 Å². The van der Waals surface area contributed by atoms with Gasteiger partial charge in [0.25, 0.3) is 0 Å². The molecule has 0 atom stereocenters. The first-order chi connectivity index (χ1) is 10.8. The zero-order valence-electron chi connectivity index (χ0n) is 14.3. The molecule has 0 saturated heterocycles. The first-order valence-corrected chi connectivity index (χ1v) is 8.60. The molecule has 130 valence electrons. The van der Waals surface area contributed by atoms with Crippen LogP contribution in [0.4, 0.5) is 0 Å². The Morgan fingerprint density at radius 2 is 1.91 bits per heavy atom. The zero-order valence-corrected chi connectivity index (χ0v) is 16.6. The highest BCUT2D eigenvalue weighted by atomic mass is 127. The molecule has 1 aromatic rings. The number of guanidine groups is 1. The summed E-state index contributed by atoms with van der Waals surface area (Å²) in [6, 6.07) is 8.27. The third-order valence-electron chi connectivity index (χ3n) is 3.86. The van der Waals surface area contributed by atoms with Gasteiger partial charge in [-0.25, -0.2) is 4.99 Å². The average molecular weight is 431 g/mol. The molecule has 0 amide bonds. The van der Waals surface area contributed by atoms with E-state index in [1.54, 1.807) is 0 Å². The van der Waals surface area contributed by atoms with E-state index in [2.05, 4.69) is 47.7 Å². The standard InChI is InChI=1S/C18H29N3O.HI/c1-3-13-20-18(19-4-2)21-14-15-9-5-8-12-17(15)22-16-10-6-7-11-16;/h5,8-9,12,16H,3-4,6-7,10-11,13-14H2,1-2H3,(H2,19,20,21);1H. The molecular formula is C18H30IN3O. The summed E-state index contributed by atoms with van der Waals surface area (Å²) < 4.78 is 6.17. The van der Waals surface area contributed by atoms with Gasteiger partial charge in [-0.2, -0.15) is 0 Å². The summed E-state index contributed by atoms with van der Waals surface area (Å²) in [5.41, 5.74) is 1.16. The molecule has 23 heavy (non-hydrogen) atoms. The molecule has 0 aromatic heterocycles. The topological polar surface area (TPSA) is 45.7 Å². The smallest absolute Gasteiger partial charge is 0.191 e. The Balaban J connectivity index is 0.00000264. The van der Waals surface area contributed by atoms with Crippen LogP contribution in [0.2, 0.25) is 0 Å². The predicted molar refractivity (Wildman–Crippen MR) is 108 cm³/mol. The Bertz CT molecular complexity index is 473. The average Bonchev–Trinajstić information content (AvgIpc) is 3.04. The van der Waals surface area contributed by atoms with E-state index in [-0.39, 0.29) is 24.0 Å². The normalized spacial score (nSPS) is 15.1. The Labute approximate surface area is 157 Å². The highest BCUT2D eigenvalue weighted by molar-refractivity contribution is 14.0. The molecule has 0 radical (unpaired) electrons. The summed E-state index contributed by atoms with van der Waals surface area (Å²) in [5, 5.41) is 6.61. The second-order valence-electron chi connectivity index (χ2n) is 5.75. The van der Waals surface area contributed by atoms with Gasteiger partial charge < -0.3 is 15.4 Å². The molecule has 0 bridgehead atoms. The van der Waals surface area contributed by atoms with Crippen molar-refractivity contribution in [2.24, 2.45) is 4.99 Å². The van der Waals surface area contributed by atoms with Gasteiger partial charge in [0, 0.05) is 18.7 Å². The van der Waals surface area contributed by atoms with Crippen LogP contribution in [0, 0.1) is 0 Å². The number of hydrogen-bond donors (Lipinski definition) is 2. The SMILES string of the molecule is CCCNC(=NCc1ccccc1OC1CCCC1)NCC.I. The molecule has 2 N–H and O–H groups in total. The van der Waals surface area contributed by atoms with Crippen molar-refractivity contribution in [1.29, 1.82) is 0 Å². The fourth-order valence-electron chi connectivity index (χ4n) is 2.68. The molecule has 0 spiro atoms. The van der Waals surface area contributed by atoms with Crippen molar-refractivity contribution >= 4 is 29.9 Å². The van der Waals surface area contributed by atoms with Crippen molar-refractivity contribution in [1.82, 2.24) is 10.6 Å². The van der Waals surface area contributed by atoms with Crippen LogP contribution in [0.15, 0.2) is 29.3 Å². The third kappa shape index (κ3) is 6.97. The quantitative estimate of drug-likeness (QED) is 0.389. The first kappa shape index (κ1) is 20.1. The van der Waals surface area contributed by atoms with E-state index < -0.39 is 0 Å². The second-order valence-corrected chi connectivity index (χ2v) is 5.75. The molecular weight excluding hydrogens is 401 g/mol. The van der Waals surface area contributed by atoms with Crippen molar-refractivity contribution in [2.45, 2.75) is 58.6 Å². The van der Waals surface area contributed by atoms with E-state index in [1.165, 1.54) is 25.7 Å². The minimum absolute atomic E-state index is 0. The maximum absolute atomic E-state index is 6.17. The summed E-state index contributed by atoms with van der Waals surface area (Å²) in [4.78, 5) is 4.67. The van der Waals surface area contributed by atoms with E-state index in [0.29, 0.717) is 12.6 Å². The largest absolute Gasteiger partial charge is 0.490 e. The molecule has 1 aliphatic carbocycles. The van der Waals surface area contributed by atoms with Crippen LogP contribution in [0.5, 0.6) is 5.75 Å². The monoisotopic (exact) mass is 431 g/mol. The summed E-state index contributed by atoms with van der Waals surface area (Å²) in [7, 11) is 0. The van der Waals surface area contributed by atoms with Gasteiger partial charge in [0.1, 0.15) is 5.75 Å². The summed E-state index contributed by atoms with van der Waals surface area (Å²) in [5.74, 6) is 1.87. The van der Waals surface area contributed by atoms with E-state index >= 15 is 0 Å². The molecule has 1 saturated carbocycles. The van der Waals surface area contributed by atoms with Crippen LogP contribution in [-0.4, -0.2) is 25.2 Å². The number of hydrogen-bond acceptors (Lipinski definition) is 2. The van der Waals surface area contributed by atoms with E-state index in [9.17, 15) is 0 Å². The minimum atomic E-state index is 0. The van der Waals surface area contributed by atoms with Crippen LogP contribution in [0.3, 0.4) is 0 Å². The van der Waals surface area contributed by atoms with Gasteiger partial charge in [-0.05, 0) is 45.1 Å². The number of ether oxygens (including phenoxy) is 1. The number of benzene rings is 1. The number of rotatable bonds is 7. The predicted octanol–water partition coefficient (Wildman–Crippen LogP) is 4.09. The van der Waals surface area contributed by atoms with Gasteiger partial charge in [-0.3, -0.25) is 0 Å². The second kappa shape index (κ2) is 11.5. The molecule has 1 aliphatic rings. The number of nitrogens with zero attached hydrogens (tertiary/aromatic N) is 1. The lowest BCUT2D eigenvalue weighted by molar-refractivity contribution is 0.208. The Morgan fingerprint density at radius 3 is 2.61 bits per heavy atom. The summed E-state index contributed by atoms with van der Waals surface area (Å²) in [6.45, 7) is 6.69. The molecule has 2 rings (SSSR count). The van der Waals surface area contributed by atoms with Crippen LogP contribution in [-0.2, 0) is 6.54 Å². The fraction of sp³-hybridized carbons (Fsp3) is 0.611. The van der Waals surface area contributed by atoms with Crippen LogP contribution in [0.25, 0.3) is 0 Å². The van der Waals surface area contributed by atoms with Crippen LogP contribution >= 0.6 is 24.0 Å². The lowest BCUT2D eigenvalue weighted by Gasteiger charge is -2.16. The third-order valence-corrected chi connectivity index (χ3v) is 3.86. The van der Waals surface area contributed by atoms with Crippen molar-refractivity contribution in [2.75, 3.05) is 13.1 Å². The first-order valence-electron chi connectivity index (χ1n) is 8.60. The number of halogens is 1. The van der Waals surface area contributed by atoms with E-state index in [4.69, 9.17) is 4.74 Å². The zero-order chi connectivity index (χ0) is 15.6. The van der Waals surface area contributed by atoms with Gasteiger partial charge in [0.15, 0.2) is 5.96 Å². The summed E-state index contributed by atoms with van der Waals surface area (Å²) in [6.07, 6.45) is 6.41. The molecule has 0 heterocycles. The summed E-state index contributed by atoms with van der Waals surface area (Å²) >= 11 is 0. The maximum Gasteiger partial charge on any atom is 0.191 e. The molecule has 4 nitrogen and oxygen atoms in total. The minimum Gasteiger partial charge on any atom is -0.490 e. The Hall–Kier alpha value is -0.980. The fourth-order valence-corrected chi connectivity index (χ4v) is 2.68. The highest BCUT2D eigenvalue weighted by Crippen LogP contribution is 2.26. The lowest BCUT2D eigenvalue weighted by atomic mass is 10.2. The van der Waals surface area contributed by atoms with E-state index in [0.717, 1.165) is 36.8 Å². The number of para-hydroxylation sites is 1. The Morgan fingerprint density at radius 1 is 1.17 bits per heavy atom. The van der Waals surface area contributed by atoms with Gasteiger partial charge in [-0.15, -0.1) is 24.0 Å². The molecule has 5 heteroatoms. The van der Waals surface area contributed by atoms with Gasteiger partial charge in [-0.1, -0.05) is 25.1 Å². The molecule has 1 fully saturated rings. The Kier molecular flexibility index (Phi) is 10.1. The molecule has 0 aliphatic heterocycles. The van der Waals surface area contributed by atoms with Crippen molar-refractivity contribution in [3.63, 3.8) is 0 Å². The molecule has 1 aromatic carbocycles. The van der Waals surface area contributed by atoms with Crippen molar-refractivity contribution in [3.05, 3.63) is 29.8 Å². The van der Waals surface area contributed by atoms with Crippen LogP contribution in [0.1, 0.15) is 51.5 Å². The molecule has 0 unspecified atom stereocenters. The maximum atomic E-state index is 6.17. The van der Waals surface area contributed by atoms with Gasteiger partial charge in [0.05, 0.1) is 12.6 Å². The van der Waals surface area contributed by atoms with Gasteiger partial charge in [0.2, 0.25) is 0 Å². The lowest BCUT2D eigenvalue weighted by Crippen LogP contribution is -2.37. The van der Waals surface area contributed by atoms with Gasteiger partial charge >= 0.3 is 0 Å². The van der Waals surface area contributed by atoms with Crippen molar-refractivity contribution < 1.29 is 4.74 Å². The van der Waals surface area contributed by atoms with Crippen molar-refractivity contribution in [3.8, 4) is 5.75 Å². The van der Waals surface area contributed by atoms with E-state index in [1.807, 2.05) is 6.07 Å². The number of aliphatic imine (C=N–C) groups is 1. The highest BCUT2D eigenvalue weighted by Gasteiger charge is 2.17.